The van der Waals surface area contributed by atoms with Gasteiger partial charge in [-0.2, -0.15) is 0 Å². The van der Waals surface area contributed by atoms with E-state index in [1.807, 2.05) is 0 Å². The Morgan fingerprint density at radius 2 is 1.87 bits per heavy atom. The van der Waals surface area contributed by atoms with Gasteiger partial charge in [0.1, 0.15) is 0 Å². The van der Waals surface area contributed by atoms with Gasteiger partial charge in [-0.3, -0.25) is 0 Å². The van der Waals surface area contributed by atoms with Crippen molar-refractivity contribution in [3.05, 3.63) is 34.4 Å². The number of hydrogen-bond acceptors (Lipinski definition) is 6. The molecule has 0 atom stereocenters. The van der Waals surface area contributed by atoms with Gasteiger partial charge < -0.3 is 0 Å². The molecule has 1 aromatic rings. The van der Waals surface area contributed by atoms with Crippen molar-refractivity contribution in [2.45, 2.75) is 6.48 Å². The van der Waals surface area contributed by atoms with Crippen LogP contribution in [-0.2, 0) is 13.6 Å². The fraction of sp³-hybridized carbons (Fsp3) is 0.143. The standard InChI is InChI=1S/C7H6NO6P/c9-8(10)5-1-3-6(4-2-5)11-15-12-7(13-15)14-15/h1-4,7,15H. The minimum absolute atomic E-state index is 0.00404. The van der Waals surface area contributed by atoms with E-state index in [4.69, 9.17) is 18.1 Å². The Hall–Kier alpha value is -1.27. The fourth-order valence-electron chi connectivity index (χ4n) is 1.23. The Morgan fingerprint density at radius 3 is 2.27 bits per heavy atom. The SMILES string of the molecule is O=[N+]([O-])c1ccc(O[PH]23OC(O2)O3)cc1. The summed E-state index contributed by atoms with van der Waals surface area (Å²) in [6, 6.07) is 5.63. The molecule has 7 nitrogen and oxygen atoms in total. The van der Waals surface area contributed by atoms with Crippen molar-refractivity contribution < 1.29 is 23.0 Å². The Kier molecular flexibility index (Phi) is 1.72. The molecule has 0 N–H and O–H groups in total. The molecule has 3 fully saturated rings. The maximum atomic E-state index is 10.4. The zero-order valence-electron chi connectivity index (χ0n) is 7.28. The summed E-state index contributed by atoms with van der Waals surface area (Å²) in [4.78, 5) is 9.89. The third-order valence-corrected chi connectivity index (χ3v) is 3.94. The van der Waals surface area contributed by atoms with E-state index in [0.29, 0.717) is 5.75 Å². The van der Waals surface area contributed by atoms with Gasteiger partial charge in [0.15, 0.2) is 0 Å². The number of nitro groups is 1. The number of hydrogen-bond donors (Lipinski definition) is 0. The summed E-state index contributed by atoms with van der Waals surface area (Å²) in [7, 11) is -2.81. The normalized spacial score (nSPS) is 27.1. The van der Waals surface area contributed by atoms with Gasteiger partial charge in [0, 0.05) is 0 Å². The van der Waals surface area contributed by atoms with E-state index < -0.39 is 19.6 Å². The maximum absolute atomic E-state index is 10.4. The molecule has 0 aliphatic carbocycles. The molecule has 4 rings (SSSR count). The van der Waals surface area contributed by atoms with Crippen LogP contribution in [-0.4, -0.2) is 11.4 Å². The Balaban J connectivity index is 1.73. The van der Waals surface area contributed by atoms with Crippen LogP contribution in [0.15, 0.2) is 24.3 Å². The first-order valence-corrected chi connectivity index (χ1v) is 5.77. The molecule has 3 aliphatic rings. The summed E-state index contributed by atoms with van der Waals surface area (Å²) in [6.07, 6.45) is 0. The third-order valence-electron chi connectivity index (χ3n) is 2.01. The molecule has 3 aliphatic heterocycles. The van der Waals surface area contributed by atoms with Gasteiger partial charge in [-0.05, 0) is 0 Å². The molecule has 0 amide bonds. The second-order valence-corrected chi connectivity index (χ2v) is 4.91. The van der Waals surface area contributed by atoms with Crippen LogP contribution in [0.4, 0.5) is 5.69 Å². The van der Waals surface area contributed by atoms with E-state index in [2.05, 4.69) is 0 Å². The van der Waals surface area contributed by atoms with Crippen LogP contribution >= 0.6 is 8.17 Å². The molecular weight excluding hydrogens is 225 g/mol. The molecule has 0 spiro atoms. The van der Waals surface area contributed by atoms with Gasteiger partial charge in [0.25, 0.3) is 0 Å². The molecular formula is C7H6NO6P. The van der Waals surface area contributed by atoms with Gasteiger partial charge in [-0.1, -0.05) is 0 Å². The van der Waals surface area contributed by atoms with Crippen LogP contribution in [0, 0.1) is 10.1 Å². The van der Waals surface area contributed by atoms with E-state index in [1.54, 1.807) is 0 Å². The molecule has 2 bridgehead atoms. The topological polar surface area (TPSA) is 80.1 Å². The zero-order chi connectivity index (χ0) is 10.5. The Bertz CT molecular complexity index is 403. The average Bonchev–Trinajstić information content (AvgIpc) is 2.10. The van der Waals surface area contributed by atoms with Gasteiger partial charge in [-0.15, -0.1) is 0 Å². The zero-order valence-corrected chi connectivity index (χ0v) is 8.28. The Labute approximate surface area is 84.3 Å². The number of nitrogens with zero attached hydrogens (tertiary/aromatic N) is 1. The van der Waals surface area contributed by atoms with E-state index in [9.17, 15) is 10.1 Å². The molecule has 0 unspecified atom stereocenters. The summed E-state index contributed by atoms with van der Waals surface area (Å²) in [5.74, 6) is 0.436. The average molecular weight is 231 g/mol. The van der Waals surface area contributed by atoms with Crippen molar-refractivity contribution in [1.29, 1.82) is 0 Å². The Morgan fingerprint density at radius 1 is 1.27 bits per heavy atom. The van der Waals surface area contributed by atoms with Crippen molar-refractivity contribution in [2.24, 2.45) is 0 Å². The second-order valence-electron chi connectivity index (χ2n) is 3.00. The van der Waals surface area contributed by atoms with E-state index in [-0.39, 0.29) is 5.69 Å². The molecule has 15 heavy (non-hydrogen) atoms. The summed E-state index contributed by atoms with van der Waals surface area (Å²) in [5.41, 5.74) is 0.00404. The van der Waals surface area contributed by atoms with Crippen molar-refractivity contribution in [2.75, 3.05) is 0 Å². The summed E-state index contributed by atoms with van der Waals surface area (Å²) in [6.45, 7) is -0.560. The van der Waals surface area contributed by atoms with Gasteiger partial charge in [0.2, 0.25) is 0 Å². The first kappa shape index (κ1) is 8.99. The second kappa shape index (κ2) is 2.86. The van der Waals surface area contributed by atoms with E-state index >= 15 is 0 Å². The molecule has 8 heteroatoms. The third kappa shape index (κ3) is 1.37. The first-order valence-electron chi connectivity index (χ1n) is 4.14. The van der Waals surface area contributed by atoms with Crippen LogP contribution in [0.25, 0.3) is 0 Å². The fourth-order valence-corrected chi connectivity index (χ4v) is 2.56. The number of benzene rings is 1. The van der Waals surface area contributed by atoms with Gasteiger partial charge in [0.05, 0.1) is 0 Å². The molecule has 3 heterocycles. The molecule has 0 radical (unpaired) electrons. The summed E-state index contributed by atoms with van der Waals surface area (Å²) >= 11 is 0. The predicted molar refractivity (Wildman–Crippen MR) is 49.1 cm³/mol. The summed E-state index contributed by atoms with van der Waals surface area (Å²) < 4.78 is 20.4. The minimum atomic E-state index is -2.81. The van der Waals surface area contributed by atoms with Crippen molar-refractivity contribution >= 4 is 13.9 Å². The van der Waals surface area contributed by atoms with Gasteiger partial charge in [-0.25, -0.2) is 0 Å². The molecule has 0 saturated carbocycles. The van der Waals surface area contributed by atoms with Crippen LogP contribution in [0.1, 0.15) is 0 Å². The molecule has 3 saturated heterocycles. The van der Waals surface area contributed by atoms with Crippen LogP contribution in [0.5, 0.6) is 5.75 Å². The van der Waals surface area contributed by atoms with Crippen LogP contribution in [0.2, 0.25) is 0 Å². The van der Waals surface area contributed by atoms with Crippen LogP contribution in [0.3, 0.4) is 0 Å². The monoisotopic (exact) mass is 231 g/mol. The number of non-ortho nitro benzene ring substituents is 1. The predicted octanol–water partition coefficient (Wildman–Crippen LogP) is 1.74. The first-order chi connectivity index (χ1) is 7.17. The summed E-state index contributed by atoms with van der Waals surface area (Å²) in [5, 5.41) is 10.4. The van der Waals surface area contributed by atoms with Crippen molar-refractivity contribution in [1.82, 2.24) is 0 Å². The number of rotatable bonds is 3. The molecule has 80 valence electrons. The quantitative estimate of drug-likeness (QED) is 0.447. The van der Waals surface area contributed by atoms with Crippen LogP contribution < -0.4 is 4.52 Å². The number of nitro benzene ring substituents is 1. The molecule has 0 aromatic heterocycles. The molecule has 1 aromatic carbocycles. The van der Waals surface area contributed by atoms with E-state index in [0.717, 1.165) is 0 Å². The van der Waals surface area contributed by atoms with Crippen molar-refractivity contribution in [3.63, 3.8) is 0 Å². The van der Waals surface area contributed by atoms with Crippen molar-refractivity contribution in [3.8, 4) is 5.75 Å². The van der Waals surface area contributed by atoms with E-state index in [1.165, 1.54) is 24.3 Å². The van der Waals surface area contributed by atoms with Gasteiger partial charge >= 0.3 is 83.5 Å².